The van der Waals surface area contributed by atoms with Crippen molar-refractivity contribution in [3.63, 3.8) is 0 Å². The largest absolute Gasteiger partial charge is 0.496 e. The predicted molar refractivity (Wildman–Crippen MR) is 103 cm³/mol. The summed E-state index contributed by atoms with van der Waals surface area (Å²) in [4.78, 5) is 4.13. The van der Waals surface area contributed by atoms with E-state index < -0.39 is 15.8 Å². The highest BCUT2D eigenvalue weighted by atomic mass is 32.2. The van der Waals surface area contributed by atoms with E-state index in [1.165, 1.54) is 26.2 Å². The van der Waals surface area contributed by atoms with Crippen molar-refractivity contribution in [3.8, 4) is 16.9 Å². The standard InChI is InChI=1S/C20H19FN2O3S/c1-13-8-9-22-12-18(13)17-6-4-15(11-20(17)26-3)23-27(24,25)16-5-7-19(21)14(2)10-16/h4-12,23H,1-3H3. The lowest BCUT2D eigenvalue weighted by molar-refractivity contribution is 0.416. The first kappa shape index (κ1) is 18.8. The molecule has 0 aliphatic rings. The highest BCUT2D eigenvalue weighted by molar-refractivity contribution is 7.92. The maximum atomic E-state index is 13.4. The van der Waals surface area contributed by atoms with Crippen LogP contribution in [0.15, 0.2) is 59.8 Å². The minimum atomic E-state index is -3.85. The van der Waals surface area contributed by atoms with Crippen LogP contribution in [0.4, 0.5) is 10.1 Å². The van der Waals surface area contributed by atoms with Gasteiger partial charge in [0.25, 0.3) is 10.0 Å². The minimum Gasteiger partial charge on any atom is -0.496 e. The summed E-state index contributed by atoms with van der Waals surface area (Å²) < 4.78 is 46.5. The Hall–Kier alpha value is -2.93. The van der Waals surface area contributed by atoms with Crippen LogP contribution in [0.2, 0.25) is 0 Å². The van der Waals surface area contributed by atoms with Gasteiger partial charge in [0.05, 0.1) is 17.7 Å². The Bertz CT molecular complexity index is 1100. The molecule has 0 saturated heterocycles. The minimum absolute atomic E-state index is 0.00690. The molecular formula is C20H19FN2O3S. The molecule has 1 heterocycles. The van der Waals surface area contributed by atoms with E-state index in [2.05, 4.69) is 9.71 Å². The normalized spacial score (nSPS) is 11.3. The first-order chi connectivity index (χ1) is 12.8. The molecule has 0 bridgehead atoms. The third kappa shape index (κ3) is 3.93. The second-order valence-electron chi connectivity index (χ2n) is 6.12. The summed E-state index contributed by atoms with van der Waals surface area (Å²) in [6.07, 6.45) is 3.44. The number of benzene rings is 2. The third-order valence-electron chi connectivity index (χ3n) is 4.22. The molecule has 0 atom stereocenters. The van der Waals surface area contributed by atoms with Gasteiger partial charge in [-0.3, -0.25) is 9.71 Å². The molecular weight excluding hydrogens is 367 g/mol. The van der Waals surface area contributed by atoms with Crippen LogP contribution in [0.1, 0.15) is 11.1 Å². The van der Waals surface area contributed by atoms with Crippen molar-refractivity contribution in [2.75, 3.05) is 11.8 Å². The van der Waals surface area contributed by atoms with Crippen molar-refractivity contribution in [1.82, 2.24) is 4.98 Å². The number of aryl methyl sites for hydroxylation is 2. The van der Waals surface area contributed by atoms with Gasteiger partial charge < -0.3 is 4.74 Å². The highest BCUT2D eigenvalue weighted by Crippen LogP contribution is 2.34. The van der Waals surface area contributed by atoms with Crippen molar-refractivity contribution >= 4 is 15.7 Å². The summed E-state index contributed by atoms with van der Waals surface area (Å²) >= 11 is 0. The van der Waals surface area contributed by atoms with Crippen molar-refractivity contribution in [3.05, 3.63) is 71.8 Å². The van der Waals surface area contributed by atoms with E-state index in [1.54, 1.807) is 30.6 Å². The third-order valence-corrected chi connectivity index (χ3v) is 5.60. The number of hydrogen-bond acceptors (Lipinski definition) is 4. The van der Waals surface area contributed by atoms with Crippen molar-refractivity contribution in [2.24, 2.45) is 0 Å². The number of nitrogens with one attached hydrogen (secondary N) is 1. The molecule has 7 heteroatoms. The molecule has 3 rings (SSSR count). The number of hydrogen-bond donors (Lipinski definition) is 1. The second kappa shape index (κ2) is 7.36. The average molecular weight is 386 g/mol. The van der Waals surface area contributed by atoms with E-state index in [9.17, 15) is 12.8 Å². The molecule has 3 aromatic rings. The highest BCUT2D eigenvalue weighted by Gasteiger charge is 2.17. The Morgan fingerprint density at radius 3 is 2.44 bits per heavy atom. The molecule has 0 amide bonds. The molecule has 0 radical (unpaired) electrons. The number of sulfonamides is 1. The molecule has 0 saturated carbocycles. The molecule has 5 nitrogen and oxygen atoms in total. The number of nitrogens with zero attached hydrogens (tertiary/aromatic N) is 1. The fraction of sp³-hybridized carbons (Fsp3) is 0.150. The van der Waals surface area contributed by atoms with E-state index in [-0.39, 0.29) is 10.5 Å². The lowest BCUT2D eigenvalue weighted by atomic mass is 10.0. The molecule has 0 fully saturated rings. The summed E-state index contributed by atoms with van der Waals surface area (Å²) in [5, 5.41) is 0. The zero-order valence-electron chi connectivity index (χ0n) is 15.2. The summed E-state index contributed by atoms with van der Waals surface area (Å²) in [5.41, 5.74) is 3.34. The summed E-state index contributed by atoms with van der Waals surface area (Å²) in [6, 6.07) is 10.6. The van der Waals surface area contributed by atoms with Crippen molar-refractivity contribution in [1.29, 1.82) is 0 Å². The smallest absolute Gasteiger partial charge is 0.261 e. The topological polar surface area (TPSA) is 68.3 Å². The van der Waals surface area contributed by atoms with Gasteiger partial charge in [0.15, 0.2) is 0 Å². The van der Waals surface area contributed by atoms with Crippen LogP contribution in [-0.2, 0) is 10.0 Å². The zero-order valence-corrected chi connectivity index (χ0v) is 16.0. The summed E-state index contributed by atoms with van der Waals surface area (Å²) in [5.74, 6) is 0.0633. The van der Waals surface area contributed by atoms with E-state index in [0.29, 0.717) is 11.4 Å². The van der Waals surface area contributed by atoms with Crippen LogP contribution < -0.4 is 9.46 Å². The molecule has 140 valence electrons. The number of methoxy groups -OCH3 is 1. The fourth-order valence-electron chi connectivity index (χ4n) is 2.72. The van der Waals surface area contributed by atoms with Crippen LogP contribution in [-0.4, -0.2) is 20.5 Å². The molecule has 0 aliphatic heterocycles. The van der Waals surface area contributed by atoms with Crippen molar-refractivity contribution in [2.45, 2.75) is 18.7 Å². The molecule has 0 aliphatic carbocycles. The van der Waals surface area contributed by atoms with Crippen LogP contribution in [0.3, 0.4) is 0 Å². The zero-order chi connectivity index (χ0) is 19.6. The lowest BCUT2D eigenvalue weighted by Crippen LogP contribution is -2.13. The summed E-state index contributed by atoms with van der Waals surface area (Å²) in [7, 11) is -2.33. The average Bonchev–Trinajstić information content (AvgIpc) is 2.64. The Kier molecular flexibility index (Phi) is 5.14. The van der Waals surface area contributed by atoms with E-state index in [1.807, 2.05) is 13.0 Å². The molecule has 27 heavy (non-hydrogen) atoms. The number of rotatable bonds is 5. The Morgan fingerprint density at radius 2 is 1.78 bits per heavy atom. The maximum absolute atomic E-state index is 13.4. The van der Waals surface area contributed by atoms with Crippen molar-refractivity contribution < 1.29 is 17.5 Å². The maximum Gasteiger partial charge on any atom is 0.261 e. The predicted octanol–water partition coefficient (Wildman–Crippen LogP) is 4.31. The lowest BCUT2D eigenvalue weighted by Gasteiger charge is -2.14. The number of halogens is 1. The molecule has 0 unspecified atom stereocenters. The molecule has 1 N–H and O–H groups in total. The Labute approximate surface area is 157 Å². The van der Waals surface area contributed by atoms with E-state index >= 15 is 0 Å². The van der Waals surface area contributed by atoms with Crippen LogP contribution in [0.25, 0.3) is 11.1 Å². The van der Waals surface area contributed by atoms with Gasteiger partial charge in [0, 0.05) is 29.6 Å². The quantitative estimate of drug-likeness (QED) is 0.709. The van der Waals surface area contributed by atoms with E-state index in [4.69, 9.17) is 4.74 Å². The van der Waals surface area contributed by atoms with Gasteiger partial charge in [-0.05, 0) is 61.4 Å². The van der Waals surface area contributed by atoms with Gasteiger partial charge in [-0.15, -0.1) is 0 Å². The number of anilines is 1. The number of ether oxygens (including phenoxy) is 1. The van der Waals surface area contributed by atoms with Gasteiger partial charge in [-0.25, -0.2) is 12.8 Å². The number of aromatic nitrogens is 1. The Balaban J connectivity index is 1.96. The van der Waals surface area contributed by atoms with Crippen LogP contribution in [0.5, 0.6) is 5.75 Å². The first-order valence-electron chi connectivity index (χ1n) is 8.20. The molecule has 2 aromatic carbocycles. The van der Waals surface area contributed by atoms with Gasteiger partial charge in [-0.2, -0.15) is 0 Å². The fourth-order valence-corrected chi connectivity index (χ4v) is 3.86. The second-order valence-corrected chi connectivity index (χ2v) is 7.80. The Morgan fingerprint density at radius 1 is 1.00 bits per heavy atom. The van der Waals surface area contributed by atoms with Crippen LogP contribution in [0, 0.1) is 19.7 Å². The van der Waals surface area contributed by atoms with E-state index in [0.717, 1.165) is 22.8 Å². The van der Waals surface area contributed by atoms with Gasteiger partial charge in [0.1, 0.15) is 11.6 Å². The molecule has 0 spiro atoms. The summed E-state index contributed by atoms with van der Waals surface area (Å²) in [6.45, 7) is 3.48. The van der Waals surface area contributed by atoms with Gasteiger partial charge in [-0.1, -0.05) is 0 Å². The van der Waals surface area contributed by atoms with Gasteiger partial charge >= 0.3 is 0 Å². The first-order valence-corrected chi connectivity index (χ1v) is 9.68. The monoisotopic (exact) mass is 386 g/mol. The molecule has 1 aromatic heterocycles. The van der Waals surface area contributed by atoms with Gasteiger partial charge in [0.2, 0.25) is 0 Å². The van der Waals surface area contributed by atoms with Crippen LogP contribution >= 0.6 is 0 Å². The SMILES string of the molecule is COc1cc(NS(=O)(=O)c2ccc(F)c(C)c2)ccc1-c1cnccc1C. The number of pyridine rings is 1.